The zero-order valence-corrected chi connectivity index (χ0v) is 8.95. The van der Waals surface area contributed by atoms with Gasteiger partial charge in [0.2, 0.25) is 0 Å². The highest BCUT2D eigenvalue weighted by atomic mass is 15.3. The first-order chi connectivity index (χ1) is 6.65. The highest BCUT2D eigenvalue weighted by molar-refractivity contribution is 5.09. The van der Waals surface area contributed by atoms with Crippen LogP contribution in [0.25, 0.3) is 0 Å². The van der Waals surface area contributed by atoms with E-state index in [4.69, 9.17) is 5.73 Å². The summed E-state index contributed by atoms with van der Waals surface area (Å²) in [5.41, 5.74) is 5.93. The molecule has 1 aliphatic rings. The van der Waals surface area contributed by atoms with Gasteiger partial charge in [0.15, 0.2) is 5.82 Å². The third-order valence-corrected chi connectivity index (χ3v) is 2.89. The van der Waals surface area contributed by atoms with Crippen molar-refractivity contribution in [1.29, 1.82) is 0 Å². The quantitative estimate of drug-likeness (QED) is 0.786. The number of rotatable bonds is 3. The molecule has 2 N–H and O–H groups in total. The first-order valence-corrected chi connectivity index (χ1v) is 5.36. The fourth-order valence-corrected chi connectivity index (χ4v) is 2.20. The fraction of sp³-hybridized carbons (Fsp3) is 0.800. The molecule has 0 amide bonds. The van der Waals surface area contributed by atoms with Crippen molar-refractivity contribution in [3.63, 3.8) is 0 Å². The van der Waals surface area contributed by atoms with E-state index in [0.717, 1.165) is 37.5 Å². The minimum atomic E-state index is -0.315. The monoisotopic (exact) mass is 194 g/mol. The smallest absolute Gasteiger partial charge is 0.152 e. The molecule has 0 bridgehead atoms. The summed E-state index contributed by atoms with van der Waals surface area (Å²) in [5.74, 6) is 2.07. The third-order valence-electron chi connectivity index (χ3n) is 2.89. The molecule has 2 heterocycles. The Balaban J connectivity index is 2.32. The summed E-state index contributed by atoms with van der Waals surface area (Å²) in [5, 5.41) is 8.39. The molecule has 1 unspecified atom stereocenters. The van der Waals surface area contributed by atoms with E-state index in [-0.39, 0.29) is 5.54 Å². The lowest BCUT2D eigenvalue weighted by Gasteiger charge is -2.23. The van der Waals surface area contributed by atoms with Crippen molar-refractivity contribution in [1.82, 2.24) is 14.8 Å². The lowest BCUT2D eigenvalue weighted by atomic mass is 9.96. The van der Waals surface area contributed by atoms with Gasteiger partial charge in [0, 0.05) is 13.0 Å². The first-order valence-electron chi connectivity index (χ1n) is 5.36. The van der Waals surface area contributed by atoms with Crippen molar-refractivity contribution >= 4 is 0 Å². The van der Waals surface area contributed by atoms with Crippen molar-refractivity contribution in [3.8, 4) is 0 Å². The van der Waals surface area contributed by atoms with Gasteiger partial charge in [0.05, 0.1) is 5.54 Å². The highest BCUT2D eigenvalue weighted by Crippen LogP contribution is 2.25. The zero-order chi connectivity index (χ0) is 10.2. The molecule has 4 heteroatoms. The van der Waals surface area contributed by atoms with Crippen LogP contribution in [0.5, 0.6) is 0 Å². The Labute approximate surface area is 84.5 Å². The molecule has 14 heavy (non-hydrogen) atoms. The van der Waals surface area contributed by atoms with Crippen molar-refractivity contribution in [2.75, 3.05) is 0 Å². The topological polar surface area (TPSA) is 56.7 Å². The SMILES string of the molecule is CCCC(C)(N)c1nnc2n1CCC2. The second kappa shape index (κ2) is 3.35. The van der Waals surface area contributed by atoms with Crippen LogP contribution in [0.15, 0.2) is 0 Å². The molecule has 0 saturated heterocycles. The van der Waals surface area contributed by atoms with Crippen LogP contribution in [0, 0.1) is 0 Å². The molecule has 2 rings (SSSR count). The predicted molar refractivity (Wildman–Crippen MR) is 54.8 cm³/mol. The Morgan fingerprint density at radius 2 is 2.29 bits per heavy atom. The van der Waals surface area contributed by atoms with Crippen molar-refractivity contribution in [2.24, 2.45) is 5.73 Å². The van der Waals surface area contributed by atoms with Crippen LogP contribution in [-0.4, -0.2) is 14.8 Å². The van der Waals surface area contributed by atoms with E-state index < -0.39 is 0 Å². The molecule has 1 aromatic heterocycles. The summed E-state index contributed by atoms with van der Waals surface area (Å²) in [6, 6.07) is 0. The lowest BCUT2D eigenvalue weighted by Crippen LogP contribution is -2.36. The third kappa shape index (κ3) is 1.43. The maximum atomic E-state index is 6.24. The number of hydrogen-bond donors (Lipinski definition) is 1. The van der Waals surface area contributed by atoms with Crippen LogP contribution in [0.1, 0.15) is 44.8 Å². The van der Waals surface area contributed by atoms with Gasteiger partial charge in [0.25, 0.3) is 0 Å². The molecular formula is C10H18N4. The molecule has 0 radical (unpaired) electrons. The second-order valence-electron chi connectivity index (χ2n) is 4.36. The van der Waals surface area contributed by atoms with Crippen LogP contribution in [0.2, 0.25) is 0 Å². The summed E-state index contributed by atoms with van der Waals surface area (Å²) in [6.45, 7) is 5.23. The Bertz CT molecular complexity index is 327. The van der Waals surface area contributed by atoms with Gasteiger partial charge in [-0.25, -0.2) is 0 Å². The lowest BCUT2D eigenvalue weighted by molar-refractivity contribution is 0.400. The van der Waals surface area contributed by atoms with Crippen molar-refractivity contribution in [3.05, 3.63) is 11.6 Å². The van der Waals surface area contributed by atoms with E-state index in [1.165, 1.54) is 6.42 Å². The largest absolute Gasteiger partial charge is 0.319 e. The molecular weight excluding hydrogens is 176 g/mol. The average Bonchev–Trinajstić information content (AvgIpc) is 2.60. The maximum absolute atomic E-state index is 6.24. The van der Waals surface area contributed by atoms with Crippen LogP contribution in [0.3, 0.4) is 0 Å². The predicted octanol–water partition coefficient (Wildman–Crippen LogP) is 1.20. The minimum absolute atomic E-state index is 0.315. The zero-order valence-electron chi connectivity index (χ0n) is 8.95. The van der Waals surface area contributed by atoms with Crippen LogP contribution >= 0.6 is 0 Å². The second-order valence-corrected chi connectivity index (χ2v) is 4.36. The number of nitrogens with zero attached hydrogens (tertiary/aromatic N) is 3. The number of aromatic nitrogens is 3. The van der Waals surface area contributed by atoms with E-state index in [1.54, 1.807) is 0 Å². The Morgan fingerprint density at radius 1 is 1.50 bits per heavy atom. The van der Waals surface area contributed by atoms with Gasteiger partial charge in [-0.2, -0.15) is 0 Å². The highest BCUT2D eigenvalue weighted by Gasteiger charge is 2.29. The summed E-state index contributed by atoms with van der Waals surface area (Å²) < 4.78 is 2.19. The Kier molecular flexibility index (Phi) is 2.31. The van der Waals surface area contributed by atoms with E-state index in [0.29, 0.717) is 0 Å². The molecule has 1 atom stereocenters. The van der Waals surface area contributed by atoms with Gasteiger partial charge in [0.1, 0.15) is 5.82 Å². The van der Waals surface area contributed by atoms with Crippen molar-refractivity contribution < 1.29 is 0 Å². The summed E-state index contributed by atoms with van der Waals surface area (Å²) in [6.07, 6.45) is 4.27. The maximum Gasteiger partial charge on any atom is 0.152 e. The minimum Gasteiger partial charge on any atom is -0.319 e. The van der Waals surface area contributed by atoms with Gasteiger partial charge in [-0.1, -0.05) is 13.3 Å². The normalized spacial score (nSPS) is 19.4. The van der Waals surface area contributed by atoms with E-state index in [9.17, 15) is 0 Å². The molecule has 0 saturated carbocycles. The van der Waals surface area contributed by atoms with Gasteiger partial charge in [-0.3, -0.25) is 0 Å². The van der Waals surface area contributed by atoms with Gasteiger partial charge in [-0.05, 0) is 19.8 Å². The molecule has 0 aromatic carbocycles. The number of aryl methyl sites for hydroxylation is 1. The standard InChI is InChI=1S/C10H18N4/c1-3-6-10(2,11)9-13-12-8-5-4-7-14(8)9/h3-7,11H2,1-2H3. The molecule has 0 spiro atoms. The molecule has 0 aliphatic carbocycles. The number of nitrogens with two attached hydrogens (primary N) is 1. The Hall–Kier alpha value is -0.900. The first kappa shape index (κ1) is 9.65. The van der Waals surface area contributed by atoms with Crippen molar-refractivity contribution in [2.45, 2.75) is 51.6 Å². The molecule has 4 nitrogen and oxygen atoms in total. The van der Waals surface area contributed by atoms with Gasteiger partial charge in [-0.15, -0.1) is 10.2 Å². The summed E-state index contributed by atoms with van der Waals surface area (Å²) in [7, 11) is 0. The van der Waals surface area contributed by atoms with Gasteiger partial charge >= 0.3 is 0 Å². The number of fused-ring (bicyclic) bond motifs is 1. The van der Waals surface area contributed by atoms with Crippen LogP contribution in [0.4, 0.5) is 0 Å². The average molecular weight is 194 g/mol. The van der Waals surface area contributed by atoms with E-state index >= 15 is 0 Å². The van der Waals surface area contributed by atoms with Crippen LogP contribution in [-0.2, 0) is 18.5 Å². The Morgan fingerprint density at radius 3 is 3.00 bits per heavy atom. The van der Waals surface area contributed by atoms with Gasteiger partial charge < -0.3 is 10.3 Å². The molecule has 1 aliphatic heterocycles. The van der Waals surface area contributed by atoms with E-state index in [2.05, 4.69) is 21.7 Å². The molecule has 0 fully saturated rings. The molecule has 78 valence electrons. The summed E-state index contributed by atoms with van der Waals surface area (Å²) in [4.78, 5) is 0. The van der Waals surface area contributed by atoms with E-state index in [1.807, 2.05) is 6.92 Å². The fourth-order valence-electron chi connectivity index (χ4n) is 2.20. The molecule has 1 aromatic rings. The summed E-state index contributed by atoms with van der Waals surface area (Å²) >= 11 is 0. The number of hydrogen-bond acceptors (Lipinski definition) is 3. The van der Waals surface area contributed by atoms with Crippen LogP contribution < -0.4 is 5.73 Å².